The quantitative estimate of drug-likeness (QED) is 0.754. The minimum Gasteiger partial charge on any atom is -0.342 e. The van der Waals surface area contributed by atoms with Crippen molar-refractivity contribution in [1.29, 1.82) is 0 Å². The first-order valence-electron chi connectivity index (χ1n) is 8.18. The topological polar surface area (TPSA) is 73.0 Å². The van der Waals surface area contributed by atoms with E-state index in [4.69, 9.17) is 11.6 Å². The molecule has 0 aliphatic carbocycles. The highest BCUT2D eigenvalue weighted by Gasteiger charge is 2.34. The molecule has 1 saturated heterocycles. The van der Waals surface area contributed by atoms with E-state index in [1.54, 1.807) is 30.1 Å². The molecule has 0 radical (unpaired) electrons. The van der Waals surface area contributed by atoms with Crippen LogP contribution in [0.5, 0.6) is 0 Å². The number of fused-ring (bicyclic) bond motifs is 1. The molecule has 1 amide bonds. The maximum absolute atomic E-state index is 12.5. The second kappa shape index (κ2) is 6.49. The highest BCUT2D eigenvalue weighted by Crippen LogP contribution is 2.33. The number of thioether (sulfide) groups is 1. The maximum atomic E-state index is 12.5. The second-order valence-electron chi connectivity index (χ2n) is 6.61. The predicted octanol–water partition coefficient (Wildman–Crippen LogP) is 1.60. The van der Waals surface area contributed by atoms with Crippen molar-refractivity contribution < 1.29 is 4.79 Å². The molecule has 25 heavy (non-hydrogen) atoms. The van der Waals surface area contributed by atoms with E-state index >= 15 is 0 Å². The van der Waals surface area contributed by atoms with Crippen LogP contribution in [0.3, 0.4) is 0 Å². The van der Waals surface area contributed by atoms with E-state index in [1.807, 2.05) is 9.58 Å². The summed E-state index contributed by atoms with van der Waals surface area (Å²) < 4.78 is 3.49. The number of aromatic nitrogens is 4. The van der Waals surface area contributed by atoms with Gasteiger partial charge in [-0.2, -0.15) is 5.10 Å². The average Bonchev–Trinajstić information content (AvgIpc) is 3.13. The molecular weight excluding hydrogens is 362 g/mol. The molecule has 0 N–H and O–H groups in total. The molecule has 1 unspecified atom stereocenters. The molecule has 1 fully saturated rings. The van der Waals surface area contributed by atoms with Gasteiger partial charge in [-0.3, -0.25) is 18.8 Å². The first kappa shape index (κ1) is 16.7. The molecule has 9 heteroatoms. The molecule has 2 aliphatic rings. The fourth-order valence-corrected chi connectivity index (χ4v) is 4.56. The molecule has 7 nitrogen and oxygen atoms in total. The van der Waals surface area contributed by atoms with E-state index in [-0.39, 0.29) is 17.5 Å². The van der Waals surface area contributed by atoms with Crippen LogP contribution in [-0.4, -0.2) is 49.0 Å². The van der Waals surface area contributed by atoms with Crippen LogP contribution in [0.2, 0.25) is 5.02 Å². The van der Waals surface area contributed by atoms with E-state index in [0.717, 1.165) is 25.4 Å². The molecule has 132 valence electrons. The van der Waals surface area contributed by atoms with Crippen LogP contribution in [0.4, 0.5) is 0 Å². The SMILES string of the molecule is Cc1cnc2n(c1=O)C(CC(=O)N1CC(Cn3cc(Cl)cn3)C1)CS2. The van der Waals surface area contributed by atoms with Crippen LogP contribution in [0.15, 0.2) is 28.5 Å². The molecule has 0 saturated carbocycles. The predicted molar refractivity (Wildman–Crippen MR) is 94.9 cm³/mol. The van der Waals surface area contributed by atoms with Gasteiger partial charge in [0.1, 0.15) is 0 Å². The Bertz CT molecular complexity index is 874. The van der Waals surface area contributed by atoms with Crippen molar-refractivity contribution in [1.82, 2.24) is 24.2 Å². The molecule has 2 aromatic heterocycles. The number of carbonyl (C=O) groups is 1. The summed E-state index contributed by atoms with van der Waals surface area (Å²) in [6.45, 7) is 3.97. The lowest BCUT2D eigenvalue weighted by Gasteiger charge is -2.39. The zero-order chi connectivity index (χ0) is 17.6. The third-order valence-electron chi connectivity index (χ3n) is 4.67. The summed E-state index contributed by atoms with van der Waals surface area (Å²) in [5.74, 6) is 1.22. The van der Waals surface area contributed by atoms with Gasteiger partial charge < -0.3 is 4.90 Å². The highest BCUT2D eigenvalue weighted by atomic mass is 35.5. The molecule has 4 heterocycles. The van der Waals surface area contributed by atoms with E-state index in [2.05, 4.69) is 10.1 Å². The highest BCUT2D eigenvalue weighted by molar-refractivity contribution is 7.99. The summed E-state index contributed by atoms with van der Waals surface area (Å²) in [6.07, 6.45) is 5.37. The van der Waals surface area contributed by atoms with Crippen molar-refractivity contribution in [2.45, 2.75) is 31.1 Å². The van der Waals surface area contributed by atoms with Crippen LogP contribution in [-0.2, 0) is 11.3 Å². The van der Waals surface area contributed by atoms with Crippen LogP contribution in [0.1, 0.15) is 18.0 Å². The molecule has 0 spiro atoms. The van der Waals surface area contributed by atoms with Gasteiger partial charge in [-0.15, -0.1) is 0 Å². The molecule has 0 bridgehead atoms. The lowest BCUT2D eigenvalue weighted by Crippen LogP contribution is -2.52. The fraction of sp³-hybridized carbons (Fsp3) is 0.500. The van der Waals surface area contributed by atoms with E-state index in [1.165, 1.54) is 11.8 Å². The minimum absolute atomic E-state index is 0.0372. The summed E-state index contributed by atoms with van der Waals surface area (Å²) in [6, 6.07) is -0.101. The molecule has 1 atom stereocenters. The maximum Gasteiger partial charge on any atom is 0.257 e. The number of halogens is 1. The van der Waals surface area contributed by atoms with Gasteiger partial charge in [0.25, 0.3) is 5.56 Å². The van der Waals surface area contributed by atoms with E-state index < -0.39 is 0 Å². The third-order valence-corrected chi connectivity index (χ3v) is 5.97. The normalized spacial score (nSPS) is 19.8. The van der Waals surface area contributed by atoms with Crippen LogP contribution in [0, 0.1) is 12.8 Å². The number of hydrogen-bond donors (Lipinski definition) is 0. The summed E-state index contributed by atoms with van der Waals surface area (Å²) in [5, 5.41) is 5.50. The Kier molecular flexibility index (Phi) is 4.33. The molecule has 4 rings (SSSR count). The lowest BCUT2D eigenvalue weighted by atomic mass is 9.99. The number of likely N-dealkylation sites (tertiary alicyclic amines) is 1. The van der Waals surface area contributed by atoms with Gasteiger partial charge in [0, 0.05) is 55.7 Å². The van der Waals surface area contributed by atoms with Gasteiger partial charge in [0.2, 0.25) is 5.91 Å². The summed E-state index contributed by atoms with van der Waals surface area (Å²) in [5.41, 5.74) is 0.579. The summed E-state index contributed by atoms with van der Waals surface area (Å²) in [7, 11) is 0. The Morgan fingerprint density at radius 3 is 2.92 bits per heavy atom. The van der Waals surface area contributed by atoms with E-state index in [9.17, 15) is 9.59 Å². The van der Waals surface area contributed by atoms with Crippen molar-refractivity contribution in [3.05, 3.63) is 39.5 Å². The number of nitrogens with zero attached hydrogens (tertiary/aromatic N) is 5. The van der Waals surface area contributed by atoms with Gasteiger partial charge in [-0.1, -0.05) is 23.4 Å². The lowest BCUT2D eigenvalue weighted by molar-refractivity contribution is -0.138. The van der Waals surface area contributed by atoms with Crippen LogP contribution >= 0.6 is 23.4 Å². The molecular formula is C16H18ClN5O2S. The average molecular weight is 380 g/mol. The van der Waals surface area contributed by atoms with Crippen LogP contribution < -0.4 is 5.56 Å². The van der Waals surface area contributed by atoms with Crippen molar-refractivity contribution in [3.8, 4) is 0 Å². The van der Waals surface area contributed by atoms with Gasteiger partial charge in [-0.05, 0) is 6.92 Å². The number of carbonyl (C=O) groups excluding carboxylic acids is 1. The Balaban J connectivity index is 1.34. The zero-order valence-electron chi connectivity index (χ0n) is 13.8. The summed E-state index contributed by atoms with van der Waals surface area (Å²) in [4.78, 5) is 31.0. The van der Waals surface area contributed by atoms with Gasteiger partial charge in [-0.25, -0.2) is 4.98 Å². The van der Waals surface area contributed by atoms with Crippen molar-refractivity contribution in [2.75, 3.05) is 18.8 Å². The van der Waals surface area contributed by atoms with Crippen molar-refractivity contribution in [3.63, 3.8) is 0 Å². The van der Waals surface area contributed by atoms with Crippen LogP contribution in [0.25, 0.3) is 0 Å². The minimum atomic E-state index is -0.101. The van der Waals surface area contributed by atoms with Crippen molar-refractivity contribution >= 4 is 29.3 Å². The summed E-state index contributed by atoms with van der Waals surface area (Å²) >= 11 is 7.40. The van der Waals surface area contributed by atoms with Gasteiger partial charge in [0.15, 0.2) is 5.16 Å². The Morgan fingerprint density at radius 2 is 2.20 bits per heavy atom. The molecule has 2 aliphatic heterocycles. The number of rotatable bonds is 4. The number of hydrogen-bond acceptors (Lipinski definition) is 5. The van der Waals surface area contributed by atoms with Gasteiger partial charge in [0.05, 0.1) is 17.3 Å². The fourth-order valence-electron chi connectivity index (χ4n) is 3.29. The van der Waals surface area contributed by atoms with Crippen molar-refractivity contribution in [2.24, 2.45) is 5.92 Å². The molecule has 0 aromatic carbocycles. The Morgan fingerprint density at radius 1 is 1.40 bits per heavy atom. The van der Waals surface area contributed by atoms with E-state index in [0.29, 0.717) is 28.1 Å². The standard InChI is InChI=1S/C16H18ClN5O2S/c1-10-3-18-16-22(15(10)24)13(9-25-16)2-14(23)20-5-11(6-20)7-21-8-12(17)4-19-21/h3-4,8,11,13H,2,5-7,9H2,1H3. The second-order valence-corrected chi connectivity index (χ2v) is 8.04. The Labute approximate surface area is 154 Å². The first-order valence-corrected chi connectivity index (χ1v) is 9.54. The number of amides is 1. The smallest absolute Gasteiger partial charge is 0.257 e. The first-order chi connectivity index (χ1) is 12.0. The largest absolute Gasteiger partial charge is 0.342 e. The van der Waals surface area contributed by atoms with Gasteiger partial charge >= 0.3 is 0 Å². The molecule has 2 aromatic rings. The third kappa shape index (κ3) is 3.20. The Hall–Kier alpha value is -1.80. The zero-order valence-corrected chi connectivity index (χ0v) is 15.3. The monoisotopic (exact) mass is 379 g/mol. The number of aryl methyl sites for hydroxylation is 1.